The standard InChI is InChI=1S/C20H17ClN2O3S/c1-12-6-2-3-7-13(12)20-23-17(11-27-20)19(26)22-16(10-18(24)25)14-8-4-5-9-15(14)21/h2-9,11,16H,10H2,1H3,(H,22,26)(H,24,25). The van der Waals surface area contributed by atoms with Crippen LogP contribution in [0.4, 0.5) is 0 Å². The predicted molar refractivity (Wildman–Crippen MR) is 106 cm³/mol. The number of aromatic nitrogens is 1. The van der Waals surface area contributed by atoms with Crippen molar-refractivity contribution >= 4 is 34.8 Å². The van der Waals surface area contributed by atoms with Crippen molar-refractivity contribution in [2.24, 2.45) is 0 Å². The number of aryl methyl sites for hydroxylation is 1. The maximum atomic E-state index is 12.6. The molecule has 138 valence electrons. The molecule has 0 saturated heterocycles. The molecule has 27 heavy (non-hydrogen) atoms. The maximum Gasteiger partial charge on any atom is 0.305 e. The minimum absolute atomic E-state index is 0.251. The zero-order valence-electron chi connectivity index (χ0n) is 14.5. The molecule has 0 fully saturated rings. The Morgan fingerprint density at radius 3 is 2.59 bits per heavy atom. The highest BCUT2D eigenvalue weighted by Gasteiger charge is 2.22. The summed E-state index contributed by atoms with van der Waals surface area (Å²) in [5.41, 5.74) is 2.85. The number of hydrogen-bond acceptors (Lipinski definition) is 4. The van der Waals surface area contributed by atoms with Gasteiger partial charge in [0.25, 0.3) is 5.91 Å². The molecule has 2 N–H and O–H groups in total. The van der Waals surface area contributed by atoms with Crippen LogP contribution in [0.2, 0.25) is 5.02 Å². The number of benzene rings is 2. The Labute approximate surface area is 165 Å². The van der Waals surface area contributed by atoms with E-state index in [4.69, 9.17) is 11.6 Å². The summed E-state index contributed by atoms with van der Waals surface area (Å²) in [5.74, 6) is -1.46. The van der Waals surface area contributed by atoms with Crippen LogP contribution in [0.15, 0.2) is 53.9 Å². The summed E-state index contributed by atoms with van der Waals surface area (Å²) >= 11 is 7.55. The van der Waals surface area contributed by atoms with E-state index in [2.05, 4.69) is 10.3 Å². The Morgan fingerprint density at radius 1 is 1.19 bits per heavy atom. The monoisotopic (exact) mass is 400 g/mol. The van der Waals surface area contributed by atoms with E-state index in [1.54, 1.807) is 29.6 Å². The number of carboxylic acids is 1. The first-order valence-electron chi connectivity index (χ1n) is 8.24. The first-order valence-corrected chi connectivity index (χ1v) is 9.50. The van der Waals surface area contributed by atoms with E-state index < -0.39 is 17.9 Å². The van der Waals surface area contributed by atoms with Crippen LogP contribution in [0.1, 0.15) is 34.1 Å². The van der Waals surface area contributed by atoms with E-state index in [0.717, 1.165) is 16.1 Å². The Balaban J connectivity index is 1.83. The van der Waals surface area contributed by atoms with E-state index >= 15 is 0 Å². The molecule has 0 saturated carbocycles. The Morgan fingerprint density at radius 2 is 1.89 bits per heavy atom. The SMILES string of the molecule is Cc1ccccc1-c1nc(C(=O)NC(CC(=O)O)c2ccccc2Cl)cs1. The van der Waals surface area contributed by atoms with Gasteiger partial charge in [-0.05, 0) is 24.1 Å². The summed E-state index contributed by atoms with van der Waals surface area (Å²) in [5, 5.41) is 14.8. The molecule has 0 aliphatic carbocycles. The fourth-order valence-corrected chi connectivity index (χ4v) is 3.88. The molecule has 0 radical (unpaired) electrons. The lowest BCUT2D eigenvalue weighted by Crippen LogP contribution is -2.30. The molecule has 5 nitrogen and oxygen atoms in total. The largest absolute Gasteiger partial charge is 0.481 e. The number of halogens is 1. The highest BCUT2D eigenvalue weighted by atomic mass is 35.5. The zero-order valence-corrected chi connectivity index (χ0v) is 16.1. The van der Waals surface area contributed by atoms with Crippen LogP contribution in [0.5, 0.6) is 0 Å². The Hall–Kier alpha value is -2.70. The molecule has 1 atom stereocenters. The highest BCUT2D eigenvalue weighted by Crippen LogP contribution is 2.28. The van der Waals surface area contributed by atoms with Crippen molar-refractivity contribution in [3.05, 3.63) is 75.8 Å². The smallest absolute Gasteiger partial charge is 0.305 e. The van der Waals surface area contributed by atoms with Gasteiger partial charge in [-0.3, -0.25) is 9.59 Å². The molecule has 1 aromatic heterocycles. The number of nitrogens with one attached hydrogen (secondary N) is 1. The normalized spacial score (nSPS) is 11.8. The number of amides is 1. The van der Waals surface area contributed by atoms with Gasteiger partial charge in [-0.1, -0.05) is 54.1 Å². The zero-order chi connectivity index (χ0) is 19.4. The fourth-order valence-electron chi connectivity index (χ4n) is 2.72. The van der Waals surface area contributed by atoms with E-state index in [1.165, 1.54) is 11.3 Å². The number of hydrogen-bond donors (Lipinski definition) is 2. The van der Waals surface area contributed by atoms with Crippen LogP contribution >= 0.6 is 22.9 Å². The number of carboxylic acid groups (broad SMARTS) is 1. The van der Waals surface area contributed by atoms with Gasteiger partial charge in [-0.25, -0.2) is 4.98 Å². The summed E-state index contributed by atoms with van der Waals surface area (Å²) in [7, 11) is 0. The lowest BCUT2D eigenvalue weighted by atomic mass is 10.0. The minimum Gasteiger partial charge on any atom is -0.481 e. The van der Waals surface area contributed by atoms with Crippen molar-refractivity contribution in [3.63, 3.8) is 0 Å². The molecule has 3 rings (SSSR count). The predicted octanol–water partition coefficient (Wildman–Crippen LogP) is 4.72. The van der Waals surface area contributed by atoms with Crippen molar-refractivity contribution in [1.29, 1.82) is 0 Å². The maximum absolute atomic E-state index is 12.6. The molecule has 3 aromatic rings. The van der Waals surface area contributed by atoms with Gasteiger partial charge in [0.15, 0.2) is 0 Å². The van der Waals surface area contributed by atoms with Gasteiger partial charge in [0.05, 0.1) is 12.5 Å². The number of carbonyl (C=O) groups excluding carboxylic acids is 1. The third-order valence-corrected chi connectivity index (χ3v) is 5.30. The van der Waals surface area contributed by atoms with Crippen LogP contribution in [-0.4, -0.2) is 22.0 Å². The van der Waals surface area contributed by atoms with Crippen LogP contribution < -0.4 is 5.32 Å². The van der Waals surface area contributed by atoms with Crippen molar-refractivity contribution in [2.45, 2.75) is 19.4 Å². The molecule has 0 bridgehead atoms. The van der Waals surface area contributed by atoms with Gasteiger partial charge in [0.2, 0.25) is 0 Å². The molecule has 1 unspecified atom stereocenters. The average molecular weight is 401 g/mol. The number of rotatable bonds is 6. The third kappa shape index (κ3) is 4.53. The second-order valence-electron chi connectivity index (χ2n) is 6.00. The summed E-state index contributed by atoms with van der Waals surface area (Å²) in [6.07, 6.45) is -0.274. The van der Waals surface area contributed by atoms with Crippen LogP contribution in [0.3, 0.4) is 0 Å². The Bertz CT molecular complexity index is 987. The van der Waals surface area contributed by atoms with Gasteiger partial charge >= 0.3 is 5.97 Å². The lowest BCUT2D eigenvalue weighted by Gasteiger charge is -2.18. The van der Waals surface area contributed by atoms with Gasteiger partial charge in [-0.2, -0.15) is 0 Å². The molecule has 0 aliphatic rings. The topological polar surface area (TPSA) is 79.3 Å². The van der Waals surface area contributed by atoms with E-state index in [0.29, 0.717) is 10.6 Å². The van der Waals surface area contributed by atoms with E-state index in [9.17, 15) is 14.7 Å². The van der Waals surface area contributed by atoms with Gasteiger partial charge in [0, 0.05) is 16.0 Å². The third-order valence-electron chi connectivity index (χ3n) is 4.08. The molecule has 1 amide bonds. The van der Waals surface area contributed by atoms with Crippen LogP contribution in [0, 0.1) is 6.92 Å². The lowest BCUT2D eigenvalue weighted by molar-refractivity contribution is -0.137. The summed E-state index contributed by atoms with van der Waals surface area (Å²) in [6.45, 7) is 1.98. The Kier molecular flexibility index (Phi) is 5.88. The number of aliphatic carboxylic acids is 1. The van der Waals surface area contributed by atoms with Gasteiger partial charge in [0.1, 0.15) is 10.7 Å². The van der Waals surface area contributed by atoms with E-state index in [1.807, 2.05) is 31.2 Å². The second-order valence-corrected chi connectivity index (χ2v) is 7.26. The van der Waals surface area contributed by atoms with Gasteiger partial charge < -0.3 is 10.4 Å². The first-order chi connectivity index (χ1) is 13.0. The first kappa shape index (κ1) is 19.1. The molecule has 2 aromatic carbocycles. The molecule has 1 heterocycles. The second kappa shape index (κ2) is 8.33. The van der Waals surface area contributed by atoms with Crippen molar-refractivity contribution in [3.8, 4) is 10.6 Å². The van der Waals surface area contributed by atoms with E-state index in [-0.39, 0.29) is 12.1 Å². The van der Waals surface area contributed by atoms with Crippen molar-refractivity contribution in [1.82, 2.24) is 10.3 Å². The van der Waals surface area contributed by atoms with Crippen LogP contribution in [0.25, 0.3) is 10.6 Å². The number of thiazole rings is 1. The fraction of sp³-hybridized carbons (Fsp3) is 0.150. The van der Waals surface area contributed by atoms with Crippen LogP contribution in [-0.2, 0) is 4.79 Å². The highest BCUT2D eigenvalue weighted by molar-refractivity contribution is 7.13. The quantitative estimate of drug-likeness (QED) is 0.627. The molecular formula is C20H17ClN2O3S. The molecule has 7 heteroatoms. The number of carbonyl (C=O) groups is 2. The average Bonchev–Trinajstić information content (AvgIpc) is 3.11. The van der Waals surface area contributed by atoms with Crippen molar-refractivity contribution in [2.75, 3.05) is 0 Å². The summed E-state index contributed by atoms with van der Waals surface area (Å²) in [6, 6.07) is 13.9. The minimum atomic E-state index is -1.03. The molecule has 0 spiro atoms. The number of nitrogens with zero attached hydrogens (tertiary/aromatic N) is 1. The molecular weight excluding hydrogens is 384 g/mol. The molecule has 0 aliphatic heterocycles. The summed E-state index contributed by atoms with van der Waals surface area (Å²) < 4.78 is 0. The summed E-state index contributed by atoms with van der Waals surface area (Å²) in [4.78, 5) is 28.3. The van der Waals surface area contributed by atoms with Gasteiger partial charge in [-0.15, -0.1) is 11.3 Å². The van der Waals surface area contributed by atoms with Crippen molar-refractivity contribution < 1.29 is 14.7 Å².